The number of hydrogen-bond donors (Lipinski definition) is 2. The molecule has 0 bridgehead atoms. The summed E-state index contributed by atoms with van der Waals surface area (Å²) in [5.74, 6) is 0.809. The zero-order valence-corrected chi connectivity index (χ0v) is 16.2. The molecule has 0 amide bonds. The number of phenolic OH excluding ortho intramolecular Hbond substituents is 2. The Morgan fingerprint density at radius 1 is 0.700 bits per heavy atom. The van der Waals surface area contributed by atoms with Gasteiger partial charge in [-0.1, -0.05) is 24.3 Å². The average Bonchev–Trinajstić information content (AvgIpc) is 2.74. The molecule has 2 heterocycles. The van der Waals surface area contributed by atoms with Crippen LogP contribution >= 0.6 is 0 Å². The first-order valence-electron chi connectivity index (χ1n) is 9.80. The molecule has 0 aliphatic carbocycles. The van der Waals surface area contributed by atoms with Crippen molar-refractivity contribution in [3.05, 3.63) is 83.4 Å². The Morgan fingerprint density at radius 3 is 1.87 bits per heavy atom. The van der Waals surface area contributed by atoms with E-state index in [0.717, 1.165) is 38.2 Å². The van der Waals surface area contributed by atoms with Crippen LogP contribution in [-0.4, -0.2) is 16.0 Å². The lowest BCUT2D eigenvalue weighted by Gasteiger charge is -2.39. The fourth-order valence-electron chi connectivity index (χ4n) is 4.34. The summed E-state index contributed by atoms with van der Waals surface area (Å²) >= 11 is 0. The molecule has 0 radical (unpaired) electrons. The standard InChI is InChI=1S/C26H18O4/c1-15-12-23-22-14-19(28)7-3-17(22)5-9-25(23)30-26(15)11-10-20-21-13-18(27)6-2-16(21)4-8-24(20)29-26/h2-14,27-28H,1H3/t26-/m0/s1. The summed E-state index contributed by atoms with van der Waals surface area (Å²) in [6.07, 6.45) is 5.97. The highest BCUT2D eigenvalue weighted by atomic mass is 16.7. The van der Waals surface area contributed by atoms with E-state index < -0.39 is 5.79 Å². The molecule has 0 saturated heterocycles. The van der Waals surface area contributed by atoms with Crippen molar-refractivity contribution in [3.63, 3.8) is 0 Å². The maximum atomic E-state index is 9.94. The van der Waals surface area contributed by atoms with Crippen LogP contribution < -0.4 is 9.47 Å². The van der Waals surface area contributed by atoms with Crippen LogP contribution in [0.3, 0.4) is 0 Å². The second-order valence-electron chi connectivity index (χ2n) is 7.80. The summed E-state index contributed by atoms with van der Waals surface area (Å²) in [6.45, 7) is 1.98. The van der Waals surface area contributed by atoms with Crippen molar-refractivity contribution in [2.75, 3.05) is 0 Å². The summed E-state index contributed by atoms with van der Waals surface area (Å²) in [7, 11) is 0. The summed E-state index contributed by atoms with van der Waals surface area (Å²) in [5.41, 5.74) is 2.75. The highest BCUT2D eigenvalue weighted by Gasteiger charge is 2.40. The van der Waals surface area contributed by atoms with E-state index in [1.807, 2.05) is 55.5 Å². The second-order valence-corrected chi connectivity index (χ2v) is 7.80. The minimum atomic E-state index is -1.03. The molecule has 30 heavy (non-hydrogen) atoms. The maximum Gasteiger partial charge on any atom is 0.294 e. The number of ether oxygens (including phenoxy) is 2. The molecule has 2 aliphatic heterocycles. The van der Waals surface area contributed by atoms with Crippen molar-refractivity contribution >= 4 is 33.7 Å². The zero-order valence-electron chi connectivity index (χ0n) is 16.2. The lowest BCUT2D eigenvalue weighted by atomic mass is 9.92. The smallest absolute Gasteiger partial charge is 0.294 e. The van der Waals surface area contributed by atoms with Crippen LogP contribution in [0.1, 0.15) is 18.1 Å². The van der Waals surface area contributed by atoms with Gasteiger partial charge in [-0.15, -0.1) is 0 Å². The van der Waals surface area contributed by atoms with Crippen LogP contribution in [0.4, 0.5) is 0 Å². The van der Waals surface area contributed by atoms with E-state index in [1.54, 1.807) is 24.3 Å². The molecular formula is C26H18O4. The molecule has 4 aromatic carbocycles. The van der Waals surface area contributed by atoms with Crippen LogP contribution in [0.2, 0.25) is 0 Å². The van der Waals surface area contributed by atoms with Crippen molar-refractivity contribution in [1.29, 1.82) is 0 Å². The van der Waals surface area contributed by atoms with E-state index in [2.05, 4.69) is 6.08 Å². The van der Waals surface area contributed by atoms with Crippen molar-refractivity contribution in [2.45, 2.75) is 12.7 Å². The molecule has 146 valence electrons. The molecule has 0 unspecified atom stereocenters. The quantitative estimate of drug-likeness (QED) is 0.384. The van der Waals surface area contributed by atoms with Gasteiger partial charge in [0.2, 0.25) is 0 Å². The number of phenols is 2. The largest absolute Gasteiger partial charge is 0.508 e. The third-order valence-corrected chi connectivity index (χ3v) is 5.92. The van der Waals surface area contributed by atoms with E-state index in [0.29, 0.717) is 11.5 Å². The highest BCUT2D eigenvalue weighted by Crippen LogP contribution is 2.45. The highest BCUT2D eigenvalue weighted by molar-refractivity contribution is 5.97. The first kappa shape index (κ1) is 17.0. The molecule has 0 saturated carbocycles. The average molecular weight is 394 g/mol. The fraction of sp³-hybridized carbons (Fsp3) is 0.0769. The molecular weight excluding hydrogens is 376 g/mol. The monoisotopic (exact) mass is 394 g/mol. The van der Waals surface area contributed by atoms with Gasteiger partial charge in [-0.2, -0.15) is 0 Å². The molecule has 0 fully saturated rings. The first-order chi connectivity index (χ1) is 14.5. The maximum absolute atomic E-state index is 9.94. The molecule has 2 N–H and O–H groups in total. The molecule has 2 aliphatic rings. The van der Waals surface area contributed by atoms with Crippen LogP contribution in [0, 0.1) is 0 Å². The van der Waals surface area contributed by atoms with Crippen LogP contribution in [0.25, 0.3) is 33.7 Å². The molecule has 4 heteroatoms. The normalized spacial score (nSPS) is 19.2. The Morgan fingerprint density at radius 2 is 1.23 bits per heavy atom. The SMILES string of the molecule is CC1=Cc2c(ccc3ccc(O)cc23)O[C@@]12C=Cc1c(ccc3ccc(O)cc13)O2. The Kier molecular flexibility index (Phi) is 3.28. The van der Waals surface area contributed by atoms with Crippen molar-refractivity contribution in [1.82, 2.24) is 0 Å². The Labute approximate surface area is 172 Å². The first-order valence-corrected chi connectivity index (χ1v) is 9.80. The lowest BCUT2D eigenvalue weighted by molar-refractivity contribution is -0.0408. The summed E-state index contributed by atoms with van der Waals surface area (Å²) in [4.78, 5) is 0. The second kappa shape index (κ2) is 5.80. The number of benzene rings is 4. The summed E-state index contributed by atoms with van der Waals surface area (Å²) in [6, 6.07) is 18.5. The van der Waals surface area contributed by atoms with Gasteiger partial charge in [-0.05, 0) is 77.0 Å². The van der Waals surface area contributed by atoms with Gasteiger partial charge in [0.05, 0.1) is 0 Å². The van der Waals surface area contributed by atoms with Crippen molar-refractivity contribution in [2.24, 2.45) is 0 Å². The topological polar surface area (TPSA) is 58.9 Å². The molecule has 1 spiro atoms. The van der Waals surface area contributed by atoms with Gasteiger partial charge < -0.3 is 19.7 Å². The zero-order chi connectivity index (χ0) is 20.5. The van der Waals surface area contributed by atoms with Crippen molar-refractivity contribution in [3.8, 4) is 23.0 Å². The molecule has 4 nitrogen and oxygen atoms in total. The molecule has 0 aromatic heterocycles. The van der Waals surface area contributed by atoms with Gasteiger partial charge in [-0.25, -0.2) is 0 Å². The van der Waals surface area contributed by atoms with E-state index in [9.17, 15) is 10.2 Å². The number of rotatable bonds is 0. The molecule has 4 aromatic rings. The van der Waals surface area contributed by atoms with E-state index in [1.165, 1.54) is 0 Å². The van der Waals surface area contributed by atoms with Crippen LogP contribution in [0.15, 0.2) is 72.3 Å². The lowest BCUT2D eigenvalue weighted by Crippen LogP contribution is -2.44. The minimum Gasteiger partial charge on any atom is -0.508 e. The summed E-state index contributed by atoms with van der Waals surface area (Å²) in [5, 5.41) is 23.8. The predicted molar refractivity (Wildman–Crippen MR) is 118 cm³/mol. The van der Waals surface area contributed by atoms with Gasteiger partial charge in [0.1, 0.15) is 23.0 Å². The van der Waals surface area contributed by atoms with Gasteiger partial charge >= 0.3 is 0 Å². The van der Waals surface area contributed by atoms with Gasteiger partial charge in [0.15, 0.2) is 0 Å². The van der Waals surface area contributed by atoms with Gasteiger partial charge in [-0.3, -0.25) is 0 Å². The Hall–Kier alpha value is -3.92. The third-order valence-electron chi connectivity index (χ3n) is 5.92. The van der Waals surface area contributed by atoms with Crippen LogP contribution in [0.5, 0.6) is 23.0 Å². The Balaban J connectivity index is 1.50. The molecule has 1 atom stereocenters. The Bertz CT molecular complexity index is 1430. The fourth-order valence-corrected chi connectivity index (χ4v) is 4.34. The van der Waals surface area contributed by atoms with E-state index in [4.69, 9.17) is 9.47 Å². The number of hydrogen-bond acceptors (Lipinski definition) is 4. The minimum absolute atomic E-state index is 0.221. The van der Waals surface area contributed by atoms with Crippen LogP contribution in [-0.2, 0) is 0 Å². The van der Waals surface area contributed by atoms with Crippen molar-refractivity contribution < 1.29 is 19.7 Å². The van der Waals surface area contributed by atoms with Gasteiger partial charge in [0, 0.05) is 22.8 Å². The third kappa shape index (κ3) is 2.34. The van der Waals surface area contributed by atoms with E-state index >= 15 is 0 Å². The summed E-state index contributed by atoms with van der Waals surface area (Å²) < 4.78 is 12.8. The molecule has 6 rings (SSSR count). The van der Waals surface area contributed by atoms with E-state index in [-0.39, 0.29) is 11.5 Å². The number of fused-ring (bicyclic) bond motifs is 6. The predicted octanol–water partition coefficient (Wildman–Crippen LogP) is 6.00. The number of aromatic hydroxyl groups is 2. The van der Waals surface area contributed by atoms with Gasteiger partial charge in [0.25, 0.3) is 5.79 Å².